The first-order valence-electron chi connectivity index (χ1n) is 13.9. The van der Waals surface area contributed by atoms with Crippen LogP contribution in [0.3, 0.4) is 0 Å². The minimum absolute atomic E-state index is 0.106. The summed E-state index contributed by atoms with van der Waals surface area (Å²) in [5, 5.41) is 10.1. The monoisotopic (exact) mass is 699 g/mol. The molecule has 13 heteroatoms. The van der Waals surface area contributed by atoms with Crippen LogP contribution in [0, 0.1) is 5.82 Å². The van der Waals surface area contributed by atoms with Crippen LogP contribution >= 0.6 is 27.3 Å². The van der Waals surface area contributed by atoms with Gasteiger partial charge in [0.2, 0.25) is 0 Å². The normalized spacial score (nSPS) is 11.5. The van der Waals surface area contributed by atoms with Gasteiger partial charge in [-0.25, -0.2) is 27.8 Å². The molecule has 0 aliphatic carbocycles. The van der Waals surface area contributed by atoms with Crippen LogP contribution in [0.25, 0.3) is 22.2 Å². The molecule has 0 atom stereocenters. The fourth-order valence-corrected chi connectivity index (χ4v) is 7.06. The maximum atomic E-state index is 13.5. The SMILES string of the molecule is CCCS(=O)(=O)CCNCc1nc(-c2cc3c(Nc4ccc(OCc5cccc(F)c5)c(Br)c4)ncnc3cc2OC)cs1. The van der Waals surface area contributed by atoms with Crippen LogP contribution in [0.1, 0.15) is 23.9 Å². The van der Waals surface area contributed by atoms with Gasteiger partial charge in [-0.2, -0.15) is 0 Å². The fourth-order valence-electron chi connectivity index (χ4n) is 4.52. The molecule has 5 rings (SSSR count). The number of halogens is 2. The van der Waals surface area contributed by atoms with E-state index in [1.807, 2.05) is 48.7 Å². The summed E-state index contributed by atoms with van der Waals surface area (Å²) in [4.78, 5) is 13.7. The third-order valence-electron chi connectivity index (χ3n) is 6.64. The molecule has 0 saturated carbocycles. The zero-order chi connectivity index (χ0) is 31.1. The van der Waals surface area contributed by atoms with E-state index in [4.69, 9.17) is 14.5 Å². The van der Waals surface area contributed by atoms with E-state index in [9.17, 15) is 12.8 Å². The lowest BCUT2D eigenvalue weighted by Gasteiger charge is -2.13. The zero-order valence-electron chi connectivity index (χ0n) is 24.1. The predicted molar refractivity (Wildman–Crippen MR) is 176 cm³/mol. The van der Waals surface area contributed by atoms with Crippen molar-refractivity contribution < 1.29 is 22.3 Å². The van der Waals surface area contributed by atoms with Crippen molar-refractivity contribution in [3.8, 4) is 22.8 Å². The lowest BCUT2D eigenvalue weighted by atomic mass is 10.1. The van der Waals surface area contributed by atoms with Crippen molar-refractivity contribution in [3.63, 3.8) is 0 Å². The largest absolute Gasteiger partial charge is 0.496 e. The number of aromatic nitrogens is 3. The summed E-state index contributed by atoms with van der Waals surface area (Å²) in [6, 6.07) is 15.7. The molecule has 0 saturated heterocycles. The second kappa shape index (κ2) is 14.4. The van der Waals surface area contributed by atoms with Crippen molar-refractivity contribution in [3.05, 3.63) is 87.2 Å². The minimum atomic E-state index is -3.03. The molecule has 0 aliphatic heterocycles. The number of thiazole rings is 1. The summed E-state index contributed by atoms with van der Waals surface area (Å²) >= 11 is 5.06. The maximum absolute atomic E-state index is 13.5. The summed E-state index contributed by atoms with van der Waals surface area (Å²) in [5.41, 5.74) is 3.73. The molecule has 5 aromatic rings. The van der Waals surface area contributed by atoms with Crippen LogP contribution < -0.4 is 20.1 Å². The van der Waals surface area contributed by atoms with Crippen LogP contribution in [-0.2, 0) is 23.0 Å². The van der Waals surface area contributed by atoms with Crippen LogP contribution in [0.4, 0.5) is 15.9 Å². The lowest BCUT2D eigenvalue weighted by molar-refractivity contribution is 0.303. The number of benzene rings is 3. The van der Waals surface area contributed by atoms with Crippen molar-refractivity contribution in [1.82, 2.24) is 20.3 Å². The number of ether oxygens (including phenoxy) is 2. The van der Waals surface area contributed by atoms with Gasteiger partial charge >= 0.3 is 0 Å². The van der Waals surface area contributed by atoms with Gasteiger partial charge in [0.1, 0.15) is 41.1 Å². The highest BCUT2D eigenvalue weighted by atomic mass is 79.9. The highest BCUT2D eigenvalue weighted by Gasteiger charge is 2.16. The molecule has 0 amide bonds. The van der Waals surface area contributed by atoms with Gasteiger partial charge in [0.25, 0.3) is 0 Å². The number of rotatable bonds is 14. The lowest BCUT2D eigenvalue weighted by Crippen LogP contribution is -2.24. The third-order valence-corrected chi connectivity index (χ3v) is 9.97. The van der Waals surface area contributed by atoms with Gasteiger partial charge in [0.05, 0.1) is 28.5 Å². The summed E-state index contributed by atoms with van der Waals surface area (Å²) in [7, 11) is -1.43. The Hall–Kier alpha value is -3.65. The Morgan fingerprint density at radius 3 is 2.68 bits per heavy atom. The van der Waals surface area contributed by atoms with E-state index in [2.05, 4.69) is 36.5 Å². The minimum Gasteiger partial charge on any atom is -0.496 e. The van der Waals surface area contributed by atoms with Crippen LogP contribution in [0.5, 0.6) is 11.5 Å². The number of anilines is 2. The number of hydrogen-bond donors (Lipinski definition) is 2. The number of sulfone groups is 1. The summed E-state index contributed by atoms with van der Waals surface area (Å²) in [6.07, 6.45) is 2.11. The van der Waals surface area contributed by atoms with E-state index in [1.54, 1.807) is 13.2 Å². The first-order chi connectivity index (χ1) is 21.2. The summed E-state index contributed by atoms with van der Waals surface area (Å²) in [5.74, 6) is 1.85. The molecule has 0 bridgehead atoms. The molecule has 3 aromatic carbocycles. The Kier molecular flexibility index (Phi) is 10.4. The molecule has 0 unspecified atom stereocenters. The standard InChI is InChI=1S/C31H31BrFN5O4S2/c1-3-10-44(39,40)11-9-34-16-30-38-27(18-43-30)23-14-24-26(15-29(23)41-2)35-19-36-31(24)37-22-7-8-28(25(32)13-22)42-17-20-5-4-6-21(33)12-20/h4-8,12-15,18-19,34H,3,9-11,16-17H2,1-2H3,(H,35,36,37). The van der Waals surface area contributed by atoms with E-state index in [0.29, 0.717) is 42.3 Å². The van der Waals surface area contributed by atoms with Gasteiger partial charge in [0, 0.05) is 46.9 Å². The molecule has 230 valence electrons. The van der Waals surface area contributed by atoms with Crippen LogP contribution in [0.15, 0.2) is 70.8 Å². The molecule has 0 fully saturated rings. The number of hydrogen-bond acceptors (Lipinski definition) is 10. The van der Waals surface area contributed by atoms with Gasteiger partial charge in [0.15, 0.2) is 9.84 Å². The molecule has 9 nitrogen and oxygen atoms in total. The average molecular weight is 701 g/mol. The highest BCUT2D eigenvalue weighted by Crippen LogP contribution is 2.37. The van der Waals surface area contributed by atoms with Gasteiger partial charge in [-0.1, -0.05) is 19.1 Å². The van der Waals surface area contributed by atoms with E-state index < -0.39 is 9.84 Å². The first kappa shape index (κ1) is 31.8. The van der Waals surface area contributed by atoms with E-state index >= 15 is 0 Å². The molecule has 2 heterocycles. The van der Waals surface area contributed by atoms with Crippen molar-refractivity contribution in [2.24, 2.45) is 0 Å². The quantitative estimate of drug-likeness (QED) is 0.119. The molecular weight excluding hydrogens is 669 g/mol. The highest BCUT2D eigenvalue weighted by molar-refractivity contribution is 9.10. The van der Waals surface area contributed by atoms with Crippen molar-refractivity contribution in [2.45, 2.75) is 26.5 Å². The van der Waals surface area contributed by atoms with Crippen LogP contribution in [-0.4, -0.2) is 48.5 Å². The predicted octanol–water partition coefficient (Wildman–Crippen LogP) is 6.90. The summed E-state index contributed by atoms with van der Waals surface area (Å²) < 4.78 is 49.7. The van der Waals surface area contributed by atoms with Crippen molar-refractivity contribution >= 4 is 59.5 Å². The van der Waals surface area contributed by atoms with Crippen LogP contribution in [0.2, 0.25) is 0 Å². The van der Waals surface area contributed by atoms with E-state index in [-0.39, 0.29) is 23.9 Å². The molecular formula is C31H31BrFN5O4S2. The molecule has 0 spiro atoms. The van der Waals surface area contributed by atoms with Gasteiger partial charge < -0.3 is 20.1 Å². The third kappa shape index (κ3) is 8.08. The number of fused-ring (bicyclic) bond motifs is 1. The topological polar surface area (TPSA) is 115 Å². The van der Waals surface area contributed by atoms with E-state index in [0.717, 1.165) is 37.4 Å². The Morgan fingerprint density at radius 1 is 1.05 bits per heavy atom. The summed E-state index contributed by atoms with van der Waals surface area (Å²) in [6.45, 7) is 2.94. The first-order valence-corrected chi connectivity index (χ1v) is 17.4. The molecule has 2 aromatic heterocycles. The van der Waals surface area contributed by atoms with Crippen molar-refractivity contribution in [1.29, 1.82) is 0 Å². The average Bonchev–Trinajstić information content (AvgIpc) is 3.47. The molecule has 0 aliphatic rings. The number of nitrogens with one attached hydrogen (secondary N) is 2. The second-order valence-corrected chi connectivity index (χ2v) is 14.0. The Labute approximate surface area is 267 Å². The number of nitrogens with zero attached hydrogens (tertiary/aromatic N) is 3. The number of methoxy groups -OCH3 is 1. The Bertz CT molecular complexity index is 1870. The smallest absolute Gasteiger partial charge is 0.151 e. The molecule has 2 N–H and O–H groups in total. The Morgan fingerprint density at radius 2 is 1.91 bits per heavy atom. The molecule has 44 heavy (non-hydrogen) atoms. The molecule has 0 radical (unpaired) electrons. The van der Waals surface area contributed by atoms with Gasteiger partial charge in [-0.3, -0.25) is 0 Å². The zero-order valence-corrected chi connectivity index (χ0v) is 27.4. The second-order valence-electron chi connectivity index (χ2n) is 9.94. The maximum Gasteiger partial charge on any atom is 0.151 e. The van der Waals surface area contributed by atoms with Gasteiger partial charge in [-0.05, 0) is 64.3 Å². The fraction of sp³-hybridized carbons (Fsp3) is 0.258. The van der Waals surface area contributed by atoms with Crippen molar-refractivity contribution in [2.75, 3.05) is 30.5 Å². The van der Waals surface area contributed by atoms with E-state index in [1.165, 1.54) is 29.8 Å². The van der Waals surface area contributed by atoms with Gasteiger partial charge in [-0.15, -0.1) is 11.3 Å². The Balaban J connectivity index is 1.32.